The molecule has 1 unspecified atom stereocenters. The topological polar surface area (TPSA) is 80.1 Å². The summed E-state index contributed by atoms with van der Waals surface area (Å²) in [5.74, 6) is 0.0739. The zero-order valence-electron chi connectivity index (χ0n) is 16.7. The lowest BCUT2D eigenvalue weighted by Crippen LogP contribution is -2.42. The maximum atomic E-state index is 12.8. The molecule has 0 saturated carbocycles. The summed E-state index contributed by atoms with van der Waals surface area (Å²) in [7, 11) is 0. The fourth-order valence-electron chi connectivity index (χ4n) is 3.63. The fourth-order valence-corrected chi connectivity index (χ4v) is 4.01. The van der Waals surface area contributed by atoms with Crippen molar-refractivity contribution in [1.82, 2.24) is 14.8 Å². The van der Waals surface area contributed by atoms with Crippen LogP contribution < -0.4 is 15.8 Å². The molecular formula is C22H21Cl2N5O2. The van der Waals surface area contributed by atoms with E-state index < -0.39 is 0 Å². The number of nitrogens with one attached hydrogen (secondary N) is 1. The number of halogens is 2. The minimum atomic E-state index is -0.347. The number of hydrogen-bond donors (Lipinski definition) is 1. The van der Waals surface area contributed by atoms with E-state index in [0.717, 1.165) is 18.4 Å². The summed E-state index contributed by atoms with van der Waals surface area (Å²) >= 11 is 12.3. The smallest absolute Gasteiger partial charge is 0.287 e. The van der Waals surface area contributed by atoms with Crippen molar-refractivity contribution < 1.29 is 4.79 Å². The number of anilines is 2. The van der Waals surface area contributed by atoms with Crippen molar-refractivity contribution in [3.63, 3.8) is 0 Å². The Bertz CT molecular complexity index is 1120. The van der Waals surface area contributed by atoms with Crippen molar-refractivity contribution in [1.29, 1.82) is 0 Å². The lowest BCUT2D eigenvalue weighted by Gasteiger charge is -2.33. The molecule has 3 heterocycles. The Balaban J connectivity index is 1.47. The van der Waals surface area contributed by atoms with Crippen molar-refractivity contribution in [3.8, 4) is 0 Å². The molecule has 0 aliphatic carbocycles. The van der Waals surface area contributed by atoms with Crippen LogP contribution in [-0.4, -0.2) is 33.8 Å². The Hall–Kier alpha value is -2.90. The fraction of sp³-hybridized carbons (Fsp3) is 0.273. The predicted molar refractivity (Wildman–Crippen MR) is 122 cm³/mol. The molecule has 7 nitrogen and oxygen atoms in total. The number of pyridine rings is 1. The van der Waals surface area contributed by atoms with E-state index in [0.29, 0.717) is 36.2 Å². The third kappa shape index (κ3) is 5.06. The number of benzene rings is 1. The number of nitrogens with zero attached hydrogens (tertiary/aromatic N) is 4. The van der Waals surface area contributed by atoms with Crippen molar-refractivity contribution >= 4 is 40.6 Å². The molecule has 1 saturated heterocycles. The molecule has 3 aromatic rings. The van der Waals surface area contributed by atoms with Crippen molar-refractivity contribution in [2.24, 2.45) is 5.92 Å². The average molecular weight is 458 g/mol. The molecule has 4 rings (SSSR count). The van der Waals surface area contributed by atoms with E-state index in [1.54, 1.807) is 18.3 Å². The quantitative estimate of drug-likeness (QED) is 0.629. The van der Waals surface area contributed by atoms with Crippen LogP contribution in [0, 0.1) is 5.92 Å². The van der Waals surface area contributed by atoms with Crippen LogP contribution in [0.4, 0.5) is 11.5 Å². The van der Waals surface area contributed by atoms with Gasteiger partial charge in [0.25, 0.3) is 5.56 Å². The molecule has 1 aliphatic rings. The summed E-state index contributed by atoms with van der Waals surface area (Å²) in [4.78, 5) is 31.5. The van der Waals surface area contributed by atoms with E-state index in [9.17, 15) is 9.59 Å². The Morgan fingerprint density at radius 2 is 1.94 bits per heavy atom. The SMILES string of the molecule is O=C(Nc1ccc(Cl)cn1)C1CCCN(c2cnn(Cc3ccccc3)c(=O)c2Cl)C1. The molecule has 1 atom stereocenters. The molecule has 0 bridgehead atoms. The monoisotopic (exact) mass is 457 g/mol. The van der Waals surface area contributed by atoms with Gasteiger partial charge in [0.1, 0.15) is 10.8 Å². The number of aromatic nitrogens is 3. The second-order valence-corrected chi connectivity index (χ2v) is 8.24. The van der Waals surface area contributed by atoms with Crippen molar-refractivity contribution in [3.05, 3.63) is 80.8 Å². The molecule has 0 radical (unpaired) electrons. The molecule has 1 N–H and O–H groups in total. The number of carbonyl (C=O) groups is 1. The minimum absolute atomic E-state index is 0.117. The Labute approximate surface area is 189 Å². The summed E-state index contributed by atoms with van der Waals surface area (Å²) in [6, 6.07) is 12.9. The summed E-state index contributed by atoms with van der Waals surface area (Å²) < 4.78 is 1.35. The van der Waals surface area contributed by atoms with E-state index in [-0.39, 0.29) is 22.4 Å². The van der Waals surface area contributed by atoms with Gasteiger partial charge in [-0.2, -0.15) is 5.10 Å². The highest BCUT2D eigenvalue weighted by atomic mass is 35.5. The lowest BCUT2D eigenvalue weighted by molar-refractivity contribution is -0.120. The first-order chi connectivity index (χ1) is 15.0. The highest BCUT2D eigenvalue weighted by Gasteiger charge is 2.28. The van der Waals surface area contributed by atoms with Crippen LogP contribution in [-0.2, 0) is 11.3 Å². The van der Waals surface area contributed by atoms with Crippen molar-refractivity contribution in [2.45, 2.75) is 19.4 Å². The number of amides is 1. The predicted octanol–water partition coefficient (Wildman–Crippen LogP) is 3.85. The lowest BCUT2D eigenvalue weighted by atomic mass is 9.97. The first-order valence-corrected chi connectivity index (χ1v) is 10.7. The molecule has 9 heteroatoms. The van der Waals surface area contributed by atoms with E-state index in [2.05, 4.69) is 15.4 Å². The average Bonchev–Trinajstić information content (AvgIpc) is 2.79. The number of carbonyl (C=O) groups excluding carboxylic acids is 1. The zero-order chi connectivity index (χ0) is 21.8. The van der Waals surface area contributed by atoms with E-state index in [1.807, 2.05) is 35.2 Å². The molecule has 1 amide bonds. The van der Waals surface area contributed by atoms with Crippen LogP contribution >= 0.6 is 23.2 Å². The van der Waals surface area contributed by atoms with E-state index in [4.69, 9.17) is 23.2 Å². The molecule has 1 fully saturated rings. The summed E-state index contributed by atoms with van der Waals surface area (Å²) in [6.45, 7) is 1.49. The summed E-state index contributed by atoms with van der Waals surface area (Å²) in [5.41, 5.74) is 1.17. The van der Waals surface area contributed by atoms with Gasteiger partial charge in [-0.1, -0.05) is 53.5 Å². The molecule has 160 valence electrons. The van der Waals surface area contributed by atoms with Gasteiger partial charge in [-0.25, -0.2) is 9.67 Å². The Morgan fingerprint density at radius 1 is 1.13 bits per heavy atom. The first kappa shape index (κ1) is 21.3. The van der Waals surface area contributed by atoms with Crippen LogP contribution in [0.3, 0.4) is 0 Å². The standard InChI is InChI=1S/C22H21Cl2N5O2/c23-17-8-9-19(25-11-17)27-21(30)16-7-4-10-28(14-16)18-12-26-29(22(31)20(18)24)13-15-5-2-1-3-6-15/h1-3,5-6,8-9,11-12,16H,4,7,10,13-14H2,(H,25,27,30). The normalized spacial score (nSPS) is 16.2. The van der Waals surface area contributed by atoms with Crippen LogP contribution in [0.15, 0.2) is 59.7 Å². The zero-order valence-corrected chi connectivity index (χ0v) is 18.2. The van der Waals surface area contributed by atoms with Crippen LogP contribution in [0.1, 0.15) is 18.4 Å². The van der Waals surface area contributed by atoms with Gasteiger partial charge < -0.3 is 10.2 Å². The summed E-state index contributed by atoms with van der Waals surface area (Å²) in [6.07, 6.45) is 4.63. The maximum absolute atomic E-state index is 12.8. The van der Waals surface area contributed by atoms with Crippen LogP contribution in [0.5, 0.6) is 0 Å². The summed E-state index contributed by atoms with van der Waals surface area (Å²) in [5, 5.41) is 7.76. The molecular weight excluding hydrogens is 437 g/mol. The van der Waals surface area contributed by atoms with Gasteiger partial charge in [0.05, 0.1) is 29.4 Å². The molecule has 1 aliphatic heterocycles. The third-order valence-electron chi connectivity index (χ3n) is 5.25. The number of hydrogen-bond acceptors (Lipinski definition) is 5. The van der Waals surface area contributed by atoms with Gasteiger partial charge in [0, 0.05) is 19.3 Å². The molecule has 0 spiro atoms. The van der Waals surface area contributed by atoms with Gasteiger partial charge >= 0.3 is 0 Å². The largest absolute Gasteiger partial charge is 0.368 e. The van der Waals surface area contributed by atoms with Crippen LogP contribution in [0.2, 0.25) is 10.0 Å². The second-order valence-electron chi connectivity index (χ2n) is 7.43. The van der Waals surface area contributed by atoms with Gasteiger partial charge in [-0.15, -0.1) is 0 Å². The van der Waals surface area contributed by atoms with Gasteiger partial charge in [-0.3, -0.25) is 9.59 Å². The second kappa shape index (κ2) is 9.49. The minimum Gasteiger partial charge on any atom is -0.368 e. The molecule has 31 heavy (non-hydrogen) atoms. The van der Waals surface area contributed by atoms with E-state index >= 15 is 0 Å². The Kier molecular flexibility index (Phi) is 6.53. The number of piperidine rings is 1. The number of rotatable bonds is 5. The molecule has 1 aromatic carbocycles. The maximum Gasteiger partial charge on any atom is 0.287 e. The first-order valence-electron chi connectivity index (χ1n) is 9.98. The van der Waals surface area contributed by atoms with Gasteiger partial charge in [-0.05, 0) is 30.5 Å². The third-order valence-corrected chi connectivity index (χ3v) is 5.83. The highest BCUT2D eigenvalue weighted by Crippen LogP contribution is 2.27. The van der Waals surface area contributed by atoms with Crippen molar-refractivity contribution in [2.75, 3.05) is 23.3 Å². The van der Waals surface area contributed by atoms with Gasteiger partial charge in [0.15, 0.2) is 0 Å². The van der Waals surface area contributed by atoms with Gasteiger partial charge in [0.2, 0.25) is 5.91 Å². The Morgan fingerprint density at radius 3 is 2.68 bits per heavy atom. The molecule has 2 aromatic heterocycles. The van der Waals surface area contributed by atoms with Crippen LogP contribution in [0.25, 0.3) is 0 Å². The van der Waals surface area contributed by atoms with E-state index in [1.165, 1.54) is 10.9 Å². The highest BCUT2D eigenvalue weighted by molar-refractivity contribution is 6.33.